The number of rotatable bonds is 4. The Labute approximate surface area is 180 Å². The Kier molecular flexibility index (Phi) is 7.40. The predicted octanol–water partition coefficient (Wildman–Crippen LogP) is 1.52. The fraction of sp³-hybridized carbons (Fsp3) is 0.471. The first-order chi connectivity index (χ1) is 12.0. The Hall–Kier alpha value is -1.22. The van der Waals surface area contributed by atoms with E-state index in [0.29, 0.717) is 31.6 Å². The van der Waals surface area contributed by atoms with Gasteiger partial charge in [0.05, 0.1) is 6.04 Å². The summed E-state index contributed by atoms with van der Waals surface area (Å²) >= 11 is 0. The van der Waals surface area contributed by atoms with E-state index in [0.717, 1.165) is 10.1 Å². The summed E-state index contributed by atoms with van der Waals surface area (Å²) in [6, 6.07) is 4.12. The van der Waals surface area contributed by atoms with E-state index in [-0.39, 0.29) is 55.5 Å². The molecular weight excluding hydrogens is 367 g/mol. The molecule has 0 amide bonds. The molecule has 1 fully saturated rings. The number of hydrogen-bond acceptors (Lipinski definition) is 5. The Morgan fingerprint density at radius 2 is 2.04 bits per heavy atom. The van der Waals surface area contributed by atoms with Gasteiger partial charge in [0.2, 0.25) is 5.95 Å². The number of hydrogen-bond donors (Lipinski definition) is 2. The van der Waals surface area contributed by atoms with E-state index in [1.54, 1.807) is 19.1 Å². The van der Waals surface area contributed by atoms with Crippen molar-refractivity contribution >= 4 is 43.7 Å². The van der Waals surface area contributed by atoms with E-state index < -0.39 is 17.4 Å². The molecule has 0 spiro atoms. The maximum Gasteiger partial charge on any atom is 0.355 e. The summed E-state index contributed by atoms with van der Waals surface area (Å²) in [5, 5.41) is 2.89. The number of nitrogens with zero attached hydrogens (tertiary/aromatic N) is 2. The van der Waals surface area contributed by atoms with Gasteiger partial charge in [0.1, 0.15) is 5.82 Å². The summed E-state index contributed by atoms with van der Waals surface area (Å²) in [5.41, 5.74) is 0.221. The molecule has 1 saturated heterocycles. The summed E-state index contributed by atoms with van der Waals surface area (Å²) in [6.45, 7) is 4.63. The van der Waals surface area contributed by atoms with Gasteiger partial charge in [-0.2, -0.15) is 4.98 Å². The summed E-state index contributed by atoms with van der Waals surface area (Å²) in [7, 11) is 0. The minimum Gasteiger partial charge on any atom is -0.381 e. The van der Waals surface area contributed by atoms with Gasteiger partial charge in [-0.05, 0) is 32.8 Å². The number of aryl methyl sites for hydroxylation is 1. The Morgan fingerprint density at radius 3 is 2.69 bits per heavy atom. The zero-order valence-electron chi connectivity index (χ0n) is 14.9. The van der Waals surface area contributed by atoms with E-state index in [1.807, 2.05) is 6.92 Å². The Bertz CT molecular complexity index is 846. The maximum absolute atomic E-state index is 14.0. The zero-order chi connectivity index (χ0) is 18.0. The molecule has 7 nitrogen and oxygen atoms in total. The number of halogens is 1. The van der Waals surface area contributed by atoms with Crippen molar-refractivity contribution in [3.8, 4) is 0 Å². The molecule has 2 aromatic rings. The van der Waals surface area contributed by atoms with Crippen molar-refractivity contribution in [2.75, 3.05) is 18.5 Å². The number of ether oxygens (including phenoxy) is 1. The average molecular weight is 388 g/mol. The molecule has 1 aliphatic rings. The van der Waals surface area contributed by atoms with Crippen LogP contribution in [0.5, 0.6) is 0 Å². The summed E-state index contributed by atoms with van der Waals surface area (Å²) in [5.74, 6) is -0.324. The number of benzene rings is 1. The van der Waals surface area contributed by atoms with Crippen LogP contribution in [0.1, 0.15) is 43.0 Å². The topological polar surface area (TPSA) is 89.0 Å². The molecule has 0 saturated carbocycles. The van der Waals surface area contributed by atoms with E-state index in [1.165, 1.54) is 6.07 Å². The van der Waals surface area contributed by atoms with Crippen LogP contribution in [-0.2, 0) is 4.74 Å². The van der Waals surface area contributed by atoms with Crippen LogP contribution in [0.3, 0.4) is 0 Å². The smallest absolute Gasteiger partial charge is 0.355 e. The Morgan fingerprint density at radius 1 is 1.35 bits per heavy atom. The van der Waals surface area contributed by atoms with Crippen molar-refractivity contribution in [2.45, 2.75) is 38.8 Å². The first-order valence-corrected chi connectivity index (χ1v) is 8.29. The molecule has 2 N–H and O–H groups in total. The number of H-pyrrole nitrogens is 1. The third-order valence-electron chi connectivity index (χ3n) is 4.38. The van der Waals surface area contributed by atoms with E-state index in [4.69, 9.17) is 4.74 Å². The second-order valence-electron chi connectivity index (χ2n) is 6.28. The largest absolute Gasteiger partial charge is 0.381 e. The van der Waals surface area contributed by atoms with Gasteiger partial charge in [0.25, 0.3) is 0 Å². The molecule has 1 aromatic carbocycles. The van der Waals surface area contributed by atoms with Crippen molar-refractivity contribution in [1.29, 1.82) is 0 Å². The van der Waals surface area contributed by atoms with Gasteiger partial charge in [-0.3, -0.25) is 4.98 Å². The van der Waals surface area contributed by atoms with Gasteiger partial charge >= 0.3 is 11.4 Å². The number of aromatic amines is 1. The first kappa shape index (κ1) is 21.1. The molecule has 0 bridgehead atoms. The van der Waals surface area contributed by atoms with Gasteiger partial charge in [-0.1, -0.05) is 17.7 Å². The second kappa shape index (κ2) is 9.12. The van der Waals surface area contributed by atoms with Gasteiger partial charge in [0.15, 0.2) is 0 Å². The van der Waals surface area contributed by atoms with Gasteiger partial charge in [-0.25, -0.2) is 18.5 Å². The van der Waals surface area contributed by atoms with Crippen LogP contribution in [0, 0.1) is 12.7 Å². The normalized spacial score (nSPS) is 16.0. The molecule has 2 radical (unpaired) electrons. The van der Waals surface area contributed by atoms with Crippen molar-refractivity contribution in [2.24, 2.45) is 0 Å². The molecule has 136 valence electrons. The Balaban J connectivity index is 0.00000243. The van der Waals surface area contributed by atoms with Crippen LogP contribution >= 0.6 is 0 Å². The fourth-order valence-corrected chi connectivity index (χ4v) is 3.04. The molecule has 1 atom stereocenters. The van der Waals surface area contributed by atoms with Gasteiger partial charge in [0, 0.05) is 62.6 Å². The van der Waals surface area contributed by atoms with E-state index in [9.17, 15) is 14.0 Å². The maximum atomic E-state index is 14.0. The molecule has 3 rings (SSSR count). The average Bonchev–Trinajstić information content (AvgIpc) is 2.57. The molecule has 0 aliphatic carbocycles. The van der Waals surface area contributed by atoms with Crippen LogP contribution in [-0.4, -0.2) is 65.5 Å². The van der Waals surface area contributed by atoms with Crippen molar-refractivity contribution in [1.82, 2.24) is 14.5 Å². The van der Waals surface area contributed by atoms with Crippen LogP contribution in [0.2, 0.25) is 0 Å². The number of nitrogens with one attached hydrogen (secondary N) is 2. The third kappa shape index (κ3) is 4.73. The zero-order valence-corrected chi connectivity index (χ0v) is 17.1. The predicted molar refractivity (Wildman–Crippen MR) is 97.1 cm³/mol. The summed E-state index contributed by atoms with van der Waals surface area (Å²) in [6.07, 6.45) is 1.20. The summed E-state index contributed by atoms with van der Waals surface area (Å²) < 4.78 is 20.4. The van der Waals surface area contributed by atoms with E-state index in [2.05, 4.69) is 15.3 Å². The molecule has 2 heterocycles. The standard InChI is InChI=1S/C17H21FN4O3.Ca/c1-10-3-4-14(18)13(9-10)11(2)19-15-20-16(23)22(17(24)21-15)12-5-7-25-8-6-12;/h3-4,9,11-12H,5-8H2,1-2H3,(H2,19,20,21,23,24);/t11-;/m0./s1. The van der Waals surface area contributed by atoms with Crippen molar-refractivity contribution in [3.63, 3.8) is 0 Å². The van der Waals surface area contributed by atoms with Crippen LogP contribution in [0.25, 0.3) is 0 Å². The minimum atomic E-state index is -0.616. The van der Waals surface area contributed by atoms with Crippen LogP contribution in [0.15, 0.2) is 27.8 Å². The first-order valence-electron chi connectivity index (χ1n) is 8.29. The minimum absolute atomic E-state index is 0. The molecule has 9 heteroatoms. The SMILES string of the molecule is Cc1ccc(F)c([C@H](C)Nc2nc(=O)n(C3CCOCC3)c(=O)[nH]2)c1.[Ca]. The van der Waals surface area contributed by atoms with Gasteiger partial charge in [-0.15, -0.1) is 0 Å². The van der Waals surface area contributed by atoms with E-state index >= 15 is 0 Å². The molecule has 0 unspecified atom stereocenters. The fourth-order valence-electron chi connectivity index (χ4n) is 3.04. The quantitative estimate of drug-likeness (QED) is 0.776. The van der Waals surface area contributed by atoms with Crippen molar-refractivity contribution < 1.29 is 9.13 Å². The second-order valence-corrected chi connectivity index (χ2v) is 6.28. The number of anilines is 1. The molecular formula is C17H21CaFN4O3. The monoisotopic (exact) mass is 388 g/mol. The van der Waals surface area contributed by atoms with Crippen LogP contribution < -0.4 is 16.7 Å². The summed E-state index contributed by atoms with van der Waals surface area (Å²) in [4.78, 5) is 31.1. The molecule has 26 heavy (non-hydrogen) atoms. The third-order valence-corrected chi connectivity index (χ3v) is 4.38. The molecule has 1 aromatic heterocycles. The molecule has 1 aliphatic heterocycles. The number of aromatic nitrogens is 3. The van der Waals surface area contributed by atoms with Gasteiger partial charge < -0.3 is 10.1 Å². The van der Waals surface area contributed by atoms with Crippen molar-refractivity contribution in [3.05, 3.63) is 56.1 Å². The van der Waals surface area contributed by atoms with Crippen LogP contribution in [0.4, 0.5) is 10.3 Å².